The molecule has 14 nitrogen and oxygen atoms in total. The monoisotopic (exact) mass is 790 g/mol. The highest BCUT2D eigenvalue weighted by Crippen LogP contribution is 2.26. The third kappa shape index (κ3) is 11.5. The molecule has 0 spiro atoms. The first-order valence-electron chi connectivity index (χ1n) is 18.3. The molecule has 3 aromatic carbocycles. The van der Waals surface area contributed by atoms with Gasteiger partial charge in [-0.2, -0.15) is 5.10 Å². The van der Waals surface area contributed by atoms with Gasteiger partial charge in [-0.05, 0) is 81.1 Å². The summed E-state index contributed by atoms with van der Waals surface area (Å²) in [6.07, 6.45) is 3.72. The van der Waals surface area contributed by atoms with Gasteiger partial charge in [-0.3, -0.25) is 28.2 Å². The molecule has 16 heteroatoms. The minimum atomic E-state index is -4.25. The van der Waals surface area contributed by atoms with Crippen molar-refractivity contribution in [2.24, 2.45) is 13.0 Å². The Labute approximate surface area is 327 Å². The first kappa shape index (κ1) is 43.1. The lowest BCUT2D eigenvalue weighted by Crippen LogP contribution is -2.55. The largest absolute Gasteiger partial charge is 0.355 e. The van der Waals surface area contributed by atoms with E-state index >= 15 is 0 Å². The molecule has 4 amide bonds. The molecule has 0 aliphatic rings. The zero-order chi connectivity index (χ0) is 41.2. The van der Waals surface area contributed by atoms with E-state index in [2.05, 4.69) is 31.7 Å². The van der Waals surface area contributed by atoms with Gasteiger partial charge in [-0.15, -0.1) is 0 Å². The number of benzene rings is 3. The molecule has 1 unspecified atom stereocenters. The van der Waals surface area contributed by atoms with Crippen molar-refractivity contribution in [3.8, 4) is 0 Å². The molecule has 300 valence electrons. The Balaban J connectivity index is 1.64. The smallest absolute Gasteiger partial charge is 0.264 e. The number of halogens is 1. The Kier molecular flexibility index (Phi) is 14.9. The van der Waals surface area contributed by atoms with E-state index in [1.54, 1.807) is 44.9 Å². The predicted molar refractivity (Wildman–Crippen MR) is 212 cm³/mol. The Morgan fingerprint density at radius 3 is 2.05 bits per heavy atom. The van der Waals surface area contributed by atoms with E-state index in [-0.39, 0.29) is 40.1 Å². The lowest BCUT2D eigenvalue weighted by atomic mass is 10.0. The average molecular weight is 791 g/mol. The highest BCUT2D eigenvalue weighted by atomic mass is 32.2. The zero-order valence-corrected chi connectivity index (χ0v) is 33.5. The van der Waals surface area contributed by atoms with Crippen LogP contribution in [-0.2, 0) is 33.1 Å². The van der Waals surface area contributed by atoms with Gasteiger partial charge in [-0.1, -0.05) is 44.2 Å². The normalized spacial score (nSPS) is 13.6. The van der Waals surface area contributed by atoms with Gasteiger partial charge in [0.05, 0.1) is 28.9 Å². The molecule has 0 fully saturated rings. The molecule has 1 aromatic heterocycles. The standard InChI is InChI=1S/C40H51FN8O6S/c1-8-42-40(53)36(25(2)3)47-37(50)27(5)43-23-33(18-28-12-10-9-11-13-28)46-39(52)30-19-29(38(51)45-26(4)31-22-44-48(6)24-31)20-34(21-30)49(7)56(54,55)35-16-14-32(41)15-17-35/h9-17,19-22,24-27,33,36,43H,8,18,23H2,1-7H3,(H,42,53)(H,45,51)(H,46,52)(H,47,50)/t26?,27-,33-,36-/m0/s1. The maximum atomic E-state index is 14.1. The van der Waals surface area contributed by atoms with Crippen LogP contribution < -0.4 is 30.9 Å². The molecule has 4 atom stereocenters. The van der Waals surface area contributed by atoms with Gasteiger partial charge < -0.3 is 26.6 Å². The van der Waals surface area contributed by atoms with Gasteiger partial charge >= 0.3 is 0 Å². The molecule has 4 rings (SSSR count). The number of nitrogens with one attached hydrogen (secondary N) is 5. The van der Waals surface area contributed by atoms with Crippen LogP contribution in [0.15, 0.2) is 90.1 Å². The van der Waals surface area contributed by atoms with Crippen LogP contribution in [-0.4, -0.2) is 80.1 Å². The minimum Gasteiger partial charge on any atom is -0.355 e. The number of hydrogen-bond donors (Lipinski definition) is 5. The number of nitrogens with zero attached hydrogens (tertiary/aromatic N) is 3. The van der Waals surface area contributed by atoms with E-state index in [1.165, 1.54) is 25.2 Å². The number of likely N-dealkylation sites (N-methyl/N-ethyl adjacent to an activating group) is 1. The summed E-state index contributed by atoms with van der Waals surface area (Å²) in [5.74, 6) is -2.62. The maximum Gasteiger partial charge on any atom is 0.264 e. The lowest BCUT2D eigenvalue weighted by Gasteiger charge is -2.26. The van der Waals surface area contributed by atoms with Gasteiger partial charge in [0, 0.05) is 56.1 Å². The molecule has 4 aromatic rings. The Morgan fingerprint density at radius 2 is 1.48 bits per heavy atom. The number of aromatic nitrogens is 2. The summed E-state index contributed by atoms with van der Waals surface area (Å²) < 4.78 is 43.5. The third-order valence-corrected chi connectivity index (χ3v) is 11.0. The highest BCUT2D eigenvalue weighted by molar-refractivity contribution is 7.92. The van der Waals surface area contributed by atoms with Crippen LogP contribution in [0.25, 0.3) is 0 Å². The average Bonchev–Trinajstić information content (AvgIpc) is 3.61. The summed E-state index contributed by atoms with van der Waals surface area (Å²) in [6.45, 7) is 9.46. The van der Waals surface area contributed by atoms with E-state index in [0.717, 1.165) is 39.7 Å². The van der Waals surface area contributed by atoms with Crippen molar-refractivity contribution in [3.05, 3.63) is 113 Å². The molecule has 0 aliphatic carbocycles. The summed E-state index contributed by atoms with van der Waals surface area (Å²) >= 11 is 0. The zero-order valence-electron chi connectivity index (χ0n) is 32.7. The second kappa shape index (κ2) is 19.3. The molecule has 0 radical (unpaired) electrons. The minimum absolute atomic E-state index is 0.00611. The fourth-order valence-electron chi connectivity index (χ4n) is 5.84. The molecule has 5 N–H and O–H groups in total. The second-order valence-electron chi connectivity index (χ2n) is 14.0. The summed E-state index contributed by atoms with van der Waals surface area (Å²) in [5, 5.41) is 18.8. The molecule has 0 aliphatic heterocycles. The van der Waals surface area contributed by atoms with Crippen LogP contribution in [0.3, 0.4) is 0 Å². The number of aryl methyl sites for hydroxylation is 1. The predicted octanol–water partition coefficient (Wildman–Crippen LogP) is 3.47. The second-order valence-corrected chi connectivity index (χ2v) is 15.9. The van der Waals surface area contributed by atoms with Crippen LogP contribution >= 0.6 is 0 Å². The fraction of sp³-hybridized carbons (Fsp3) is 0.375. The molecule has 0 bridgehead atoms. The van der Waals surface area contributed by atoms with Crippen LogP contribution in [0.5, 0.6) is 0 Å². The molecule has 1 heterocycles. The number of rotatable bonds is 18. The quantitative estimate of drug-likeness (QED) is 0.102. The Morgan fingerprint density at radius 1 is 0.857 bits per heavy atom. The number of sulfonamides is 1. The third-order valence-electron chi connectivity index (χ3n) is 9.17. The van der Waals surface area contributed by atoms with Crippen molar-refractivity contribution in [3.63, 3.8) is 0 Å². The summed E-state index contributed by atoms with van der Waals surface area (Å²) in [4.78, 5) is 53.4. The summed E-state index contributed by atoms with van der Waals surface area (Å²) in [7, 11) is -1.23. The lowest BCUT2D eigenvalue weighted by molar-refractivity contribution is -0.130. The van der Waals surface area contributed by atoms with Crippen molar-refractivity contribution < 1.29 is 32.0 Å². The highest BCUT2D eigenvalue weighted by Gasteiger charge is 2.28. The first-order chi connectivity index (χ1) is 26.5. The number of hydrogen-bond acceptors (Lipinski definition) is 8. The number of anilines is 1. The number of carbonyl (C=O) groups is 4. The van der Waals surface area contributed by atoms with Crippen molar-refractivity contribution in [2.45, 2.75) is 70.1 Å². The Hall–Kier alpha value is -5.61. The Bertz CT molecular complexity index is 2090. The van der Waals surface area contributed by atoms with Gasteiger partial charge in [0.15, 0.2) is 0 Å². The fourth-order valence-corrected chi connectivity index (χ4v) is 7.02. The number of amides is 4. The topological polar surface area (TPSA) is 184 Å². The van der Waals surface area contributed by atoms with Crippen molar-refractivity contribution in [1.29, 1.82) is 0 Å². The first-order valence-corrected chi connectivity index (χ1v) is 19.8. The van der Waals surface area contributed by atoms with E-state index in [0.29, 0.717) is 13.0 Å². The molecule has 0 saturated heterocycles. The van der Waals surface area contributed by atoms with Crippen molar-refractivity contribution >= 4 is 39.3 Å². The van der Waals surface area contributed by atoms with Crippen molar-refractivity contribution in [2.75, 3.05) is 24.4 Å². The summed E-state index contributed by atoms with van der Waals surface area (Å²) in [6, 6.07) is 15.3. The number of carbonyl (C=O) groups excluding carboxylic acids is 4. The van der Waals surface area contributed by atoms with Gasteiger partial charge in [-0.25, -0.2) is 12.8 Å². The molecule has 56 heavy (non-hydrogen) atoms. The van der Waals surface area contributed by atoms with Gasteiger partial charge in [0.2, 0.25) is 11.8 Å². The van der Waals surface area contributed by atoms with Crippen molar-refractivity contribution in [1.82, 2.24) is 36.4 Å². The summed E-state index contributed by atoms with van der Waals surface area (Å²) in [5.41, 5.74) is 1.65. The van der Waals surface area contributed by atoms with Crippen LogP contribution in [0.1, 0.15) is 72.5 Å². The van der Waals surface area contributed by atoms with E-state index < -0.39 is 57.7 Å². The van der Waals surface area contributed by atoms with Crippen LogP contribution in [0, 0.1) is 11.7 Å². The van der Waals surface area contributed by atoms with E-state index in [9.17, 15) is 32.0 Å². The van der Waals surface area contributed by atoms with E-state index in [4.69, 9.17) is 0 Å². The molecular weight excluding hydrogens is 740 g/mol. The van der Waals surface area contributed by atoms with Crippen LogP contribution in [0.2, 0.25) is 0 Å². The molecule has 0 saturated carbocycles. The SMILES string of the molecule is CCNC(=O)[C@@H](NC(=O)[C@H](C)NC[C@H](Cc1ccccc1)NC(=O)c1cc(C(=O)NC(C)c2cnn(C)c2)cc(N(C)S(=O)(=O)c2ccc(F)cc2)c1)C(C)C. The van der Waals surface area contributed by atoms with Gasteiger partial charge in [0.1, 0.15) is 11.9 Å². The van der Waals surface area contributed by atoms with Gasteiger partial charge in [0.25, 0.3) is 21.8 Å². The molecular formula is C40H51FN8O6S. The maximum absolute atomic E-state index is 14.1. The van der Waals surface area contributed by atoms with Crippen LogP contribution in [0.4, 0.5) is 10.1 Å². The van der Waals surface area contributed by atoms with E-state index in [1.807, 2.05) is 44.2 Å².